The Morgan fingerprint density at radius 2 is 1.75 bits per heavy atom. The van der Waals surface area contributed by atoms with Crippen molar-refractivity contribution in [3.63, 3.8) is 0 Å². The number of benzene rings is 1. The van der Waals surface area contributed by atoms with E-state index in [-0.39, 0.29) is 0 Å². The molecule has 152 valence electrons. The maximum absolute atomic E-state index is 11.7. The maximum Gasteiger partial charge on any atom is 0.412 e. The SMILES string of the molecule is CCc1cc(CCCCCCCNC(=O)Oc2ccccc2)c(OC)nc1C. The molecule has 0 atom stereocenters. The topological polar surface area (TPSA) is 60.5 Å². The Morgan fingerprint density at radius 1 is 1.04 bits per heavy atom. The van der Waals surface area contributed by atoms with Gasteiger partial charge in [-0.3, -0.25) is 0 Å². The van der Waals surface area contributed by atoms with Gasteiger partial charge in [0.05, 0.1) is 7.11 Å². The number of pyridine rings is 1. The highest BCUT2D eigenvalue weighted by atomic mass is 16.6. The summed E-state index contributed by atoms with van der Waals surface area (Å²) in [4.78, 5) is 16.3. The Balaban J connectivity index is 1.58. The van der Waals surface area contributed by atoms with Crippen LogP contribution in [-0.4, -0.2) is 24.7 Å². The highest BCUT2D eigenvalue weighted by Crippen LogP contribution is 2.22. The molecule has 1 aromatic carbocycles. The zero-order valence-corrected chi connectivity index (χ0v) is 17.3. The molecule has 0 radical (unpaired) electrons. The van der Waals surface area contributed by atoms with Gasteiger partial charge >= 0.3 is 6.09 Å². The summed E-state index contributed by atoms with van der Waals surface area (Å²) in [6.45, 7) is 4.83. The third-order valence-corrected chi connectivity index (χ3v) is 4.78. The molecule has 1 N–H and O–H groups in total. The van der Waals surface area contributed by atoms with Gasteiger partial charge in [0.15, 0.2) is 0 Å². The van der Waals surface area contributed by atoms with Crippen LogP contribution in [0.3, 0.4) is 0 Å². The third-order valence-electron chi connectivity index (χ3n) is 4.78. The number of unbranched alkanes of at least 4 members (excludes halogenated alkanes) is 4. The predicted molar refractivity (Wildman–Crippen MR) is 112 cm³/mol. The van der Waals surface area contributed by atoms with Crippen LogP contribution in [0.1, 0.15) is 55.8 Å². The van der Waals surface area contributed by atoms with Gasteiger partial charge in [-0.15, -0.1) is 0 Å². The largest absolute Gasteiger partial charge is 0.481 e. The Hall–Kier alpha value is -2.56. The van der Waals surface area contributed by atoms with Crippen molar-refractivity contribution >= 4 is 6.09 Å². The fourth-order valence-corrected chi connectivity index (χ4v) is 3.18. The summed E-state index contributed by atoms with van der Waals surface area (Å²) in [5.74, 6) is 1.32. The number of amides is 1. The number of rotatable bonds is 11. The van der Waals surface area contributed by atoms with Gasteiger partial charge in [0.25, 0.3) is 0 Å². The fraction of sp³-hybridized carbons (Fsp3) is 0.478. The molecule has 2 rings (SSSR count). The Kier molecular flexibility index (Phi) is 9.32. The number of ether oxygens (including phenoxy) is 2. The summed E-state index contributed by atoms with van der Waals surface area (Å²) in [6, 6.07) is 11.3. The van der Waals surface area contributed by atoms with Gasteiger partial charge in [0.2, 0.25) is 5.88 Å². The number of para-hydroxylation sites is 1. The van der Waals surface area contributed by atoms with Crippen molar-refractivity contribution in [3.05, 3.63) is 53.2 Å². The molecule has 2 aromatic rings. The molecular weight excluding hydrogens is 352 g/mol. The minimum atomic E-state index is -0.392. The number of carbonyl (C=O) groups excluding carboxylic acids is 1. The van der Waals surface area contributed by atoms with Gasteiger partial charge in [-0.25, -0.2) is 9.78 Å². The van der Waals surface area contributed by atoms with E-state index >= 15 is 0 Å². The molecule has 0 aliphatic rings. The van der Waals surface area contributed by atoms with Crippen molar-refractivity contribution in [2.45, 2.75) is 58.8 Å². The van der Waals surface area contributed by atoms with E-state index in [1.165, 1.54) is 11.1 Å². The number of nitrogens with zero attached hydrogens (tertiary/aromatic N) is 1. The molecule has 0 spiro atoms. The Labute approximate surface area is 168 Å². The molecule has 28 heavy (non-hydrogen) atoms. The number of hydrogen-bond donors (Lipinski definition) is 1. The van der Waals surface area contributed by atoms with Gasteiger partial charge in [-0.1, -0.05) is 44.4 Å². The van der Waals surface area contributed by atoms with Crippen LogP contribution < -0.4 is 14.8 Å². The lowest BCUT2D eigenvalue weighted by Gasteiger charge is -2.11. The van der Waals surface area contributed by atoms with Crippen LogP contribution in [0.25, 0.3) is 0 Å². The van der Waals surface area contributed by atoms with Gasteiger partial charge in [-0.2, -0.15) is 0 Å². The first-order valence-corrected chi connectivity index (χ1v) is 10.2. The maximum atomic E-state index is 11.7. The van der Waals surface area contributed by atoms with Crippen LogP contribution in [0.15, 0.2) is 36.4 Å². The number of methoxy groups -OCH3 is 1. The highest BCUT2D eigenvalue weighted by molar-refractivity contribution is 5.70. The second kappa shape index (κ2) is 12.0. The normalized spacial score (nSPS) is 10.5. The molecular formula is C23H32N2O3. The number of hydrogen-bond acceptors (Lipinski definition) is 4. The van der Waals surface area contributed by atoms with Crippen LogP contribution in [-0.2, 0) is 12.8 Å². The van der Waals surface area contributed by atoms with Crippen molar-refractivity contribution in [2.24, 2.45) is 0 Å². The fourth-order valence-electron chi connectivity index (χ4n) is 3.18. The molecule has 1 aromatic heterocycles. The average molecular weight is 385 g/mol. The van der Waals surface area contributed by atoms with E-state index < -0.39 is 6.09 Å². The van der Waals surface area contributed by atoms with Crippen LogP contribution in [0.2, 0.25) is 0 Å². The summed E-state index contributed by atoms with van der Waals surface area (Å²) in [5, 5.41) is 2.79. The van der Waals surface area contributed by atoms with E-state index in [1.54, 1.807) is 19.2 Å². The van der Waals surface area contributed by atoms with E-state index in [2.05, 4.69) is 23.3 Å². The number of aryl methyl sites for hydroxylation is 3. The molecule has 0 aliphatic heterocycles. The zero-order valence-electron chi connectivity index (χ0n) is 17.3. The number of nitrogens with one attached hydrogen (secondary N) is 1. The van der Waals surface area contributed by atoms with Crippen LogP contribution in [0.4, 0.5) is 4.79 Å². The molecule has 0 unspecified atom stereocenters. The van der Waals surface area contributed by atoms with Crippen molar-refractivity contribution in [1.82, 2.24) is 10.3 Å². The Morgan fingerprint density at radius 3 is 2.46 bits per heavy atom. The van der Waals surface area contributed by atoms with Crippen LogP contribution in [0.5, 0.6) is 11.6 Å². The second-order valence-electron chi connectivity index (χ2n) is 6.90. The summed E-state index contributed by atoms with van der Waals surface area (Å²) < 4.78 is 10.6. The Bertz CT molecular complexity index is 732. The third kappa shape index (κ3) is 7.22. The quantitative estimate of drug-likeness (QED) is 0.538. The molecule has 5 nitrogen and oxygen atoms in total. The summed E-state index contributed by atoms with van der Waals surface area (Å²) in [7, 11) is 1.69. The highest BCUT2D eigenvalue weighted by Gasteiger charge is 2.09. The minimum absolute atomic E-state index is 0.392. The smallest absolute Gasteiger partial charge is 0.412 e. The van der Waals surface area contributed by atoms with E-state index in [0.29, 0.717) is 12.3 Å². The van der Waals surface area contributed by atoms with Crippen molar-refractivity contribution < 1.29 is 14.3 Å². The predicted octanol–water partition coefficient (Wildman–Crippen LogP) is 5.24. The lowest BCUT2D eigenvalue weighted by atomic mass is 10.0. The van der Waals surface area contributed by atoms with Crippen molar-refractivity contribution in [2.75, 3.05) is 13.7 Å². The van der Waals surface area contributed by atoms with Gasteiger partial charge < -0.3 is 14.8 Å². The van der Waals surface area contributed by atoms with Gasteiger partial charge in [-0.05, 0) is 56.4 Å². The van der Waals surface area contributed by atoms with Gasteiger partial charge in [0, 0.05) is 17.8 Å². The average Bonchev–Trinajstić information content (AvgIpc) is 2.71. The number of aromatic nitrogens is 1. The van der Waals surface area contributed by atoms with E-state index in [9.17, 15) is 4.79 Å². The molecule has 0 saturated heterocycles. The number of carbonyl (C=O) groups is 1. The second-order valence-corrected chi connectivity index (χ2v) is 6.90. The zero-order chi connectivity index (χ0) is 20.2. The van der Waals surface area contributed by atoms with Gasteiger partial charge in [0.1, 0.15) is 5.75 Å². The summed E-state index contributed by atoms with van der Waals surface area (Å²) >= 11 is 0. The molecule has 1 heterocycles. The lowest BCUT2D eigenvalue weighted by molar-refractivity contribution is 0.200. The minimum Gasteiger partial charge on any atom is -0.481 e. The molecule has 1 amide bonds. The first-order valence-electron chi connectivity index (χ1n) is 10.2. The lowest BCUT2D eigenvalue weighted by Crippen LogP contribution is -2.27. The van der Waals surface area contributed by atoms with Crippen LogP contribution in [0, 0.1) is 6.92 Å². The van der Waals surface area contributed by atoms with Crippen molar-refractivity contribution in [3.8, 4) is 11.6 Å². The monoisotopic (exact) mass is 384 g/mol. The first-order chi connectivity index (χ1) is 13.6. The summed E-state index contributed by atoms with van der Waals surface area (Å²) in [6.07, 6.45) is 7.07. The van der Waals surface area contributed by atoms with E-state index in [4.69, 9.17) is 9.47 Å². The molecule has 0 fully saturated rings. The molecule has 5 heteroatoms. The standard InChI is InChI=1S/C23H32N2O3/c1-4-19-17-20(22(27-3)25-18(19)2)13-9-6-5-7-12-16-24-23(26)28-21-14-10-8-11-15-21/h8,10-11,14-15,17H,4-7,9,12-13,16H2,1-3H3,(H,24,26). The summed E-state index contributed by atoms with van der Waals surface area (Å²) in [5.41, 5.74) is 3.56. The first kappa shape index (κ1) is 21.7. The molecule has 0 saturated carbocycles. The molecule has 0 bridgehead atoms. The van der Waals surface area contributed by atoms with Crippen LogP contribution >= 0.6 is 0 Å². The van der Waals surface area contributed by atoms with E-state index in [1.807, 2.05) is 25.1 Å². The van der Waals surface area contributed by atoms with Crippen molar-refractivity contribution in [1.29, 1.82) is 0 Å². The van der Waals surface area contributed by atoms with E-state index in [0.717, 1.165) is 56.5 Å². The molecule has 0 aliphatic carbocycles.